The fourth-order valence-corrected chi connectivity index (χ4v) is 4.06. The van der Waals surface area contributed by atoms with Gasteiger partial charge in [-0.2, -0.15) is 0 Å². The second-order valence-electron chi connectivity index (χ2n) is 5.53. The van der Waals surface area contributed by atoms with E-state index in [-0.39, 0.29) is 11.4 Å². The molecule has 161 valence electrons. The van der Waals surface area contributed by atoms with E-state index in [1.165, 1.54) is 46.9 Å². The van der Waals surface area contributed by atoms with Crippen molar-refractivity contribution in [3.63, 3.8) is 0 Å². The average molecular weight is 549 g/mol. The number of nitro benzene ring substituents is 2. The Morgan fingerprint density at radius 3 is 1.72 bits per heavy atom. The van der Waals surface area contributed by atoms with Crippen molar-refractivity contribution in [3.8, 4) is 21.1 Å². The van der Waals surface area contributed by atoms with Gasteiger partial charge in [-0.15, -0.1) is 22.7 Å². The van der Waals surface area contributed by atoms with Crippen molar-refractivity contribution >= 4 is 70.4 Å². The van der Waals surface area contributed by atoms with Gasteiger partial charge in [0.25, 0.3) is 11.4 Å². The number of non-ortho nitro benzene ring substituents is 2. The van der Waals surface area contributed by atoms with E-state index in [4.69, 9.17) is 0 Å². The summed E-state index contributed by atoms with van der Waals surface area (Å²) in [7, 11) is 4.34. The first-order valence-electron chi connectivity index (χ1n) is 8.40. The first kappa shape index (κ1) is 25.5. The van der Waals surface area contributed by atoms with Crippen LogP contribution >= 0.6 is 51.4 Å². The fraction of sp³-hybridized carbons (Fsp3) is 0. The van der Waals surface area contributed by atoms with Gasteiger partial charge in [0.2, 0.25) is 0 Å². The summed E-state index contributed by atoms with van der Waals surface area (Å²) >= 11 is 9.51. The van der Waals surface area contributed by atoms with Crippen molar-refractivity contribution in [2.75, 3.05) is 0 Å². The molecule has 0 aliphatic carbocycles. The Bertz CT molecular complexity index is 1170. The molecular formula is C18H12BBrN5O4S3. The second-order valence-corrected chi connectivity index (χ2v) is 9.07. The Morgan fingerprint density at radius 1 is 0.906 bits per heavy atom. The van der Waals surface area contributed by atoms with Crippen LogP contribution in [0.15, 0.2) is 74.4 Å². The van der Waals surface area contributed by atoms with Gasteiger partial charge in [-0.25, -0.2) is 9.97 Å². The van der Waals surface area contributed by atoms with Crippen LogP contribution < -0.4 is 0 Å². The summed E-state index contributed by atoms with van der Waals surface area (Å²) in [5.74, 6) is 0. The van der Waals surface area contributed by atoms with Crippen LogP contribution in [0, 0.1) is 20.2 Å². The molecule has 2 aromatic heterocycles. The summed E-state index contributed by atoms with van der Waals surface area (Å²) < 4.78 is 3.64. The van der Waals surface area contributed by atoms with Crippen LogP contribution in [0.5, 0.6) is 0 Å². The molecule has 0 saturated carbocycles. The Kier molecular flexibility index (Phi) is 10.3. The zero-order valence-electron chi connectivity index (χ0n) is 15.9. The van der Waals surface area contributed by atoms with Gasteiger partial charge in [-0.05, 0) is 40.2 Å². The van der Waals surface area contributed by atoms with Crippen LogP contribution in [0.3, 0.4) is 0 Å². The van der Waals surface area contributed by atoms with Crippen LogP contribution in [0.1, 0.15) is 0 Å². The quantitative estimate of drug-likeness (QED) is 0.136. The van der Waals surface area contributed by atoms with Crippen molar-refractivity contribution in [1.82, 2.24) is 9.97 Å². The van der Waals surface area contributed by atoms with Crippen molar-refractivity contribution in [1.29, 1.82) is 0 Å². The minimum atomic E-state index is -0.415. The summed E-state index contributed by atoms with van der Waals surface area (Å²) in [5, 5.41) is 24.4. The Balaban J connectivity index is 0.000000203. The molecule has 9 nitrogen and oxygen atoms in total. The van der Waals surface area contributed by atoms with E-state index < -0.39 is 9.85 Å². The third kappa shape index (κ3) is 7.71. The Hall–Kier alpha value is -2.81. The van der Waals surface area contributed by atoms with Gasteiger partial charge >= 0.3 is 24.8 Å². The van der Waals surface area contributed by atoms with Gasteiger partial charge in [0.1, 0.15) is 10.0 Å². The number of halogens is 1. The standard InChI is InChI=1S/C9H5BrN2O2S.C9H6N2O2S.BHNS/c10-8-5-11-9(15-8)6-1-3-7(4-2-6)12(13)14;12-11(13)8-3-1-7(2-4-8)9-10-5-6-14-9;1-2-3/h1-5H;1-6H;3H. The van der Waals surface area contributed by atoms with Gasteiger partial charge < -0.3 is 0 Å². The number of thiol groups is 1. The number of thiazole rings is 2. The summed E-state index contributed by atoms with van der Waals surface area (Å²) in [6.45, 7) is 0. The second kappa shape index (κ2) is 12.9. The molecule has 14 heteroatoms. The van der Waals surface area contributed by atoms with E-state index in [1.807, 2.05) is 5.38 Å². The van der Waals surface area contributed by atoms with E-state index in [1.54, 1.807) is 36.7 Å². The first-order chi connectivity index (χ1) is 15.3. The van der Waals surface area contributed by atoms with Crippen molar-refractivity contribution in [3.05, 3.63) is 90.3 Å². The number of benzene rings is 2. The van der Waals surface area contributed by atoms with Gasteiger partial charge in [-0.1, -0.05) is 0 Å². The maximum absolute atomic E-state index is 10.4. The number of aromatic nitrogens is 2. The summed E-state index contributed by atoms with van der Waals surface area (Å²) in [4.78, 5) is 28.3. The zero-order chi connectivity index (χ0) is 23.5. The molecule has 0 bridgehead atoms. The number of nitro groups is 2. The van der Waals surface area contributed by atoms with Crippen LogP contribution in [-0.4, -0.2) is 27.5 Å². The molecule has 2 aromatic carbocycles. The number of hydrogen-bond donors (Lipinski definition) is 1. The van der Waals surface area contributed by atoms with Gasteiger partial charge in [0.15, 0.2) is 0 Å². The van der Waals surface area contributed by atoms with Crippen molar-refractivity contribution in [2.24, 2.45) is 4.30 Å². The molecule has 0 amide bonds. The van der Waals surface area contributed by atoms with Crippen LogP contribution in [0.4, 0.5) is 11.4 Å². The third-order valence-electron chi connectivity index (χ3n) is 3.56. The molecule has 0 aliphatic heterocycles. The van der Waals surface area contributed by atoms with E-state index in [0.717, 1.165) is 24.9 Å². The van der Waals surface area contributed by atoms with Crippen LogP contribution in [0.2, 0.25) is 0 Å². The van der Waals surface area contributed by atoms with Crippen LogP contribution in [0.25, 0.3) is 21.1 Å². The van der Waals surface area contributed by atoms with Gasteiger partial charge in [-0.3, -0.25) is 20.2 Å². The predicted molar refractivity (Wildman–Crippen MR) is 133 cm³/mol. The zero-order valence-corrected chi connectivity index (χ0v) is 20.1. The SMILES string of the molecule is O=[N+]([O-])c1ccc(-c2ncc(Br)s2)cc1.O=[N+]([O-])c1ccc(-c2nccs2)cc1.[B]=NS. The molecular weight excluding hydrogens is 537 g/mol. The molecule has 0 unspecified atom stereocenters. The minimum absolute atomic E-state index is 0.0920. The van der Waals surface area contributed by atoms with E-state index >= 15 is 0 Å². The molecule has 0 saturated heterocycles. The summed E-state index contributed by atoms with van der Waals surface area (Å²) in [6, 6.07) is 12.7. The van der Waals surface area contributed by atoms with Gasteiger partial charge in [0.05, 0.1) is 19.8 Å². The molecule has 32 heavy (non-hydrogen) atoms. The molecule has 2 heterocycles. The Labute approximate surface area is 205 Å². The molecule has 0 N–H and O–H groups in total. The fourth-order valence-electron chi connectivity index (χ4n) is 2.21. The Morgan fingerprint density at radius 2 is 1.38 bits per heavy atom. The molecule has 4 rings (SSSR count). The first-order valence-corrected chi connectivity index (χ1v) is 11.3. The topological polar surface area (TPSA) is 124 Å². The summed E-state index contributed by atoms with van der Waals surface area (Å²) in [5.41, 5.74) is 1.99. The van der Waals surface area contributed by atoms with E-state index in [0.29, 0.717) is 0 Å². The monoisotopic (exact) mass is 548 g/mol. The molecule has 0 fully saturated rings. The molecule has 0 aliphatic rings. The van der Waals surface area contributed by atoms with Crippen LogP contribution in [-0.2, 0) is 0 Å². The number of hydrogen-bond acceptors (Lipinski definition) is 10. The summed E-state index contributed by atoms with van der Waals surface area (Å²) in [6.07, 6.45) is 3.42. The molecule has 0 atom stereocenters. The number of nitrogens with zero attached hydrogens (tertiary/aromatic N) is 5. The van der Waals surface area contributed by atoms with E-state index in [9.17, 15) is 20.2 Å². The number of rotatable bonds is 4. The normalized spacial score (nSPS) is 9.53. The van der Waals surface area contributed by atoms with E-state index in [2.05, 4.69) is 50.7 Å². The third-order valence-corrected chi connectivity index (χ3v) is 5.91. The maximum atomic E-state index is 10.4. The van der Waals surface area contributed by atoms with Crippen molar-refractivity contribution in [2.45, 2.75) is 0 Å². The molecule has 4 aromatic rings. The van der Waals surface area contributed by atoms with Gasteiger partial charge in [0, 0.05) is 47.0 Å². The average Bonchev–Trinajstić information content (AvgIpc) is 3.47. The molecule has 1 radical (unpaired) electrons. The predicted octanol–water partition coefficient (Wildman–Crippen LogP) is 6.38. The molecule has 0 spiro atoms. The van der Waals surface area contributed by atoms with Crippen molar-refractivity contribution < 1.29 is 9.85 Å².